The van der Waals surface area contributed by atoms with Crippen LogP contribution >= 0.6 is 0 Å². The van der Waals surface area contributed by atoms with E-state index < -0.39 is 0 Å². The van der Waals surface area contributed by atoms with Gasteiger partial charge < -0.3 is 9.15 Å². The summed E-state index contributed by atoms with van der Waals surface area (Å²) in [4.78, 5) is 11.7. The Labute approximate surface area is 86.6 Å². The lowest BCUT2D eigenvalue weighted by atomic mass is 10.0. The van der Waals surface area contributed by atoms with Crippen LogP contribution in [-0.4, -0.2) is 5.97 Å². The Morgan fingerprint density at radius 3 is 3.00 bits per heavy atom. The van der Waals surface area contributed by atoms with E-state index in [4.69, 9.17) is 9.15 Å². The molecule has 0 unspecified atom stereocenters. The number of rotatable bonds is 1. The minimum absolute atomic E-state index is 0.109. The minimum Gasteiger partial charge on any atom is -0.463 e. The van der Waals surface area contributed by atoms with E-state index in [9.17, 15) is 4.79 Å². The van der Waals surface area contributed by atoms with Crippen molar-refractivity contribution in [1.82, 2.24) is 0 Å². The molecule has 0 saturated carbocycles. The maximum atomic E-state index is 11.7. The Balaban J connectivity index is 2.34. The van der Waals surface area contributed by atoms with E-state index in [1.165, 1.54) is 0 Å². The van der Waals surface area contributed by atoms with E-state index in [-0.39, 0.29) is 12.1 Å². The highest BCUT2D eigenvalue weighted by Crippen LogP contribution is 2.37. The maximum Gasteiger partial charge on any atom is 0.343 e. The van der Waals surface area contributed by atoms with Crippen molar-refractivity contribution in [3.63, 3.8) is 0 Å². The quantitative estimate of drug-likeness (QED) is 0.667. The molecule has 2 aromatic rings. The molecule has 0 radical (unpaired) electrons. The number of hydrogen-bond acceptors (Lipinski definition) is 3. The van der Waals surface area contributed by atoms with Crippen molar-refractivity contribution in [2.45, 2.75) is 19.4 Å². The third-order valence-electron chi connectivity index (χ3n) is 2.82. The molecule has 1 aliphatic heterocycles. The molecule has 1 aromatic carbocycles. The molecular weight excluding hydrogens is 192 g/mol. The molecule has 3 rings (SSSR count). The summed E-state index contributed by atoms with van der Waals surface area (Å²) in [7, 11) is 0. The van der Waals surface area contributed by atoms with E-state index >= 15 is 0 Å². The second kappa shape index (κ2) is 2.86. The van der Waals surface area contributed by atoms with Crippen molar-refractivity contribution in [3.8, 4) is 0 Å². The van der Waals surface area contributed by atoms with Crippen molar-refractivity contribution < 1.29 is 13.9 Å². The number of carbonyl (C=O) groups is 1. The number of hydrogen-bond donors (Lipinski definition) is 0. The first-order chi connectivity index (χ1) is 7.31. The van der Waals surface area contributed by atoms with Crippen LogP contribution in [0, 0.1) is 0 Å². The van der Waals surface area contributed by atoms with Gasteiger partial charge in [-0.05, 0) is 12.5 Å². The SMILES string of the molecule is CC[C@H]1OC(=O)c2c1ccc1ccoc21. The Bertz CT molecular complexity index is 539. The molecule has 0 saturated heterocycles. The van der Waals surface area contributed by atoms with Crippen LogP contribution < -0.4 is 0 Å². The van der Waals surface area contributed by atoms with E-state index in [1.807, 2.05) is 25.1 Å². The fourth-order valence-corrected chi connectivity index (χ4v) is 2.08. The van der Waals surface area contributed by atoms with Gasteiger partial charge in [0.2, 0.25) is 0 Å². The number of benzene rings is 1. The molecule has 0 N–H and O–H groups in total. The van der Waals surface area contributed by atoms with Gasteiger partial charge in [-0.2, -0.15) is 0 Å². The van der Waals surface area contributed by atoms with E-state index in [0.717, 1.165) is 17.4 Å². The second-order valence-corrected chi connectivity index (χ2v) is 3.67. The van der Waals surface area contributed by atoms with Gasteiger partial charge in [0.25, 0.3) is 0 Å². The number of furan rings is 1. The van der Waals surface area contributed by atoms with Crippen LogP contribution in [0.3, 0.4) is 0 Å². The Morgan fingerprint density at radius 1 is 1.33 bits per heavy atom. The first-order valence-corrected chi connectivity index (χ1v) is 5.02. The van der Waals surface area contributed by atoms with Crippen molar-refractivity contribution in [3.05, 3.63) is 35.6 Å². The topological polar surface area (TPSA) is 39.4 Å². The number of ether oxygens (including phenoxy) is 1. The van der Waals surface area contributed by atoms with Crippen molar-refractivity contribution in [1.29, 1.82) is 0 Å². The van der Waals surface area contributed by atoms with E-state index in [0.29, 0.717) is 11.1 Å². The Kier molecular flexibility index (Phi) is 1.63. The normalized spacial score (nSPS) is 19.3. The highest BCUT2D eigenvalue weighted by Gasteiger charge is 2.32. The van der Waals surface area contributed by atoms with E-state index in [1.54, 1.807) is 6.26 Å². The third-order valence-corrected chi connectivity index (χ3v) is 2.82. The van der Waals surface area contributed by atoms with Gasteiger partial charge >= 0.3 is 5.97 Å². The van der Waals surface area contributed by atoms with Gasteiger partial charge in [0, 0.05) is 10.9 Å². The molecule has 1 atom stereocenters. The summed E-state index contributed by atoms with van der Waals surface area (Å²) < 4.78 is 10.6. The van der Waals surface area contributed by atoms with Gasteiger partial charge in [0.15, 0.2) is 0 Å². The summed E-state index contributed by atoms with van der Waals surface area (Å²) in [6.45, 7) is 2.00. The molecule has 1 aliphatic rings. The van der Waals surface area contributed by atoms with Crippen molar-refractivity contribution in [2.75, 3.05) is 0 Å². The van der Waals surface area contributed by atoms with Crippen LogP contribution in [0.1, 0.15) is 35.4 Å². The molecule has 15 heavy (non-hydrogen) atoms. The molecule has 0 spiro atoms. The second-order valence-electron chi connectivity index (χ2n) is 3.67. The van der Waals surface area contributed by atoms with Gasteiger partial charge in [-0.1, -0.05) is 19.1 Å². The molecule has 0 fully saturated rings. The predicted molar refractivity (Wildman–Crippen MR) is 54.7 cm³/mol. The summed E-state index contributed by atoms with van der Waals surface area (Å²) >= 11 is 0. The van der Waals surface area contributed by atoms with Crippen LogP contribution in [0.5, 0.6) is 0 Å². The molecule has 3 nitrogen and oxygen atoms in total. The highest BCUT2D eigenvalue weighted by atomic mass is 16.5. The first kappa shape index (κ1) is 8.53. The molecule has 76 valence electrons. The van der Waals surface area contributed by atoms with Gasteiger partial charge in [0.1, 0.15) is 17.3 Å². The summed E-state index contributed by atoms with van der Waals surface area (Å²) in [5.41, 5.74) is 2.20. The standard InChI is InChI=1S/C12H10O3/c1-2-9-8-4-3-7-5-6-14-11(7)10(8)12(13)15-9/h3-6,9H,2H2,1H3/t9-/m1/s1. The summed E-state index contributed by atoms with van der Waals surface area (Å²) in [6, 6.07) is 5.76. The largest absolute Gasteiger partial charge is 0.463 e. The average molecular weight is 202 g/mol. The summed E-state index contributed by atoms with van der Waals surface area (Å²) in [5.74, 6) is -0.266. The number of cyclic esters (lactones) is 1. The predicted octanol–water partition coefficient (Wildman–Crippen LogP) is 3.05. The lowest BCUT2D eigenvalue weighted by molar-refractivity contribution is 0.0379. The average Bonchev–Trinajstić information content (AvgIpc) is 2.81. The zero-order valence-corrected chi connectivity index (χ0v) is 8.32. The van der Waals surface area contributed by atoms with Gasteiger partial charge in [-0.3, -0.25) is 0 Å². The third kappa shape index (κ3) is 1.03. The summed E-state index contributed by atoms with van der Waals surface area (Å²) in [6.07, 6.45) is 2.28. The molecule has 0 bridgehead atoms. The van der Waals surface area contributed by atoms with Crippen LogP contribution in [-0.2, 0) is 4.74 Å². The number of carbonyl (C=O) groups excluding carboxylic acids is 1. The Morgan fingerprint density at radius 2 is 2.20 bits per heavy atom. The van der Waals surface area contributed by atoms with E-state index in [2.05, 4.69) is 0 Å². The smallest absolute Gasteiger partial charge is 0.343 e. The molecule has 0 amide bonds. The zero-order valence-electron chi connectivity index (χ0n) is 8.32. The number of esters is 1. The molecule has 3 heteroatoms. The van der Waals surface area contributed by atoms with Gasteiger partial charge in [0.05, 0.1) is 6.26 Å². The molecule has 2 heterocycles. The van der Waals surface area contributed by atoms with Gasteiger partial charge in [-0.15, -0.1) is 0 Å². The first-order valence-electron chi connectivity index (χ1n) is 5.02. The van der Waals surface area contributed by atoms with Crippen LogP contribution in [0.4, 0.5) is 0 Å². The molecule has 1 aromatic heterocycles. The maximum absolute atomic E-state index is 11.7. The van der Waals surface area contributed by atoms with Crippen molar-refractivity contribution in [2.24, 2.45) is 0 Å². The zero-order chi connectivity index (χ0) is 10.4. The fraction of sp³-hybridized carbons (Fsp3) is 0.250. The highest BCUT2D eigenvalue weighted by molar-refractivity contribution is 6.05. The lowest BCUT2D eigenvalue weighted by Gasteiger charge is -2.05. The number of fused-ring (bicyclic) bond motifs is 3. The Hall–Kier alpha value is -1.77. The van der Waals surface area contributed by atoms with Crippen LogP contribution in [0.25, 0.3) is 11.0 Å². The summed E-state index contributed by atoms with van der Waals surface area (Å²) in [5, 5.41) is 0.947. The fourth-order valence-electron chi connectivity index (χ4n) is 2.08. The molecule has 0 aliphatic carbocycles. The lowest BCUT2D eigenvalue weighted by Crippen LogP contribution is -1.96. The van der Waals surface area contributed by atoms with Crippen LogP contribution in [0.2, 0.25) is 0 Å². The molecular formula is C12H10O3. The monoisotopic (exact) mass is 202 g/mol. The van der Waals surface area contributed by atoms with Crippen LogP contribution in [0.15, 0.2) is 28.9 Å². The van der Waals surface area contributed by atoms with Gasteiger partial charge in [-0.25, -0.2) is 4.79 Å². The van der Waals surface area contributed by atoms with Crippen molar-refractivity contribution >= 4 is 16.9 Å². The minimum atomic E-state index is -0.266.